The molecule has 103 heavy (non-hydrogen) atoms. The first-order valence-electron chi connectivity index (χ1n) is 26.9. The standard InChI is InChI=1S/C14H8F3N7OS2.C8H4BrF3N2OS.C8H5F3N2OS.C6H5N5S.C6H8N2OS.C6H5NS.C4H3ClN2.C2H3N3S.ClH.H2S/c15-14(16,17)13-21-12(22-25-13)9-2-1-8(26-9)7-24(11-6-20-27-23-11)10-5-18-3-4-19-10;9-3-4-1-2-5(16-4)6-13-7(15-14-6)8(10,11)12;1-4-2-3-5(15-4)6-12-7(14-13-6)8(9,10)11;1-2-8-5(3-7-1)10-6-4-9-12-11-6;1-4-2-3-5(10-4)6(7)8-9;1-5-2-3-6(4-7)8-5;5-4-3-6-1-2-7-4;3-2-1-4-6-5-2;;/h1-6H,7H2;1-2H,3H2;2-3H,1H3;1-4H,(H,8,10,11);2-3,9H,1H3,(H2,7,8);2-3H,1H3;1-3H;1H,(H2,3,5);1H;1H2. The number of aromatic nitrogens is 18. The van der Waals surface area contributed by atoms with Crippen molar-refractivity contribution in [2.24, 2.45) is 10.9 Å². The Kier molecular flexibility index (Phi) is 34.2. The van der Waals surface area contributed by atoms with Gasteiger partial charge in [-0.1, -0.05) is 48.2 Å². The van der Waals surface area contributed by atoms with E-state index in [4.69, 9.17) is 33.5 Å². The van der Waals surface area contributed by atoms with Crippen molar-refractivity contribution >= 4 is 180 Å². The molecule has 49 heteroatoms. The van der Waals surface area contributed by atoms with Crippen LogP contribution in [0.1, 0.15) is 51.8 Å². The maximum absolute atomic E-state index is 12.6. The molecule has 0 aliphatic rings. The fourth-order valence-corrected chi connectivity index (χ4v) is 12.2. The van der Waals surface area contributed by atoms with E-state index < -0.39 is 36.2 Å². The van der Waals surface area contributed by atoms with Gasteiger partial charge in [0, 0.05) is 66.9 Å². The van der Waals surface area contributed by atoms with Crippen molar-refractivity contribution in [3.05, 3.63) is 192 Å². The van der Waals surface area contributed by atoms with Crippen LogP contribution in [0.15, 0.2) is 154 Å². The fourth-order valence-electron chi connectivity index (χ4n) is 6.45. The number of nitrogens with one attached hydrogen (secondary N) is 1. The van der Waals surface area contributed by atoms with Crippen molar-refractivity contribution in [2.45, 2.75) is 51.2 Å². The van der Waals surface area contributed by atoms with Gasteiger partial charge in [-0.25, -0.2) is 15.0 Å². The van der Waals surface area contributed by atoms with Gasteiger partial charge < -0.3 is 40.5 Å². The Morgan fingerprint density at radius 1 is 0.583 bits per heavy atom. The summed E-state index contributed by atoms with van der Waals surface area (Å²) < 4.78 is 147. The summed E-state index contributed by atoms with van der Waals surface area (Å²) in [5, 5.41) is 33.4. The molecule has 0 bridgehead atoms. The van der Waals surface area contributed by atoms with E-state index in [0.29, 0.717) is 60.7 Å². The van der Waals surface area contributed by atoms with Gasteiger partial charge in [-0.3, -0.25) is 15.0 Å². The molecule has 0 saturated heterocycles. The Balaban J connectivity index is 0.000000221. The maximum atomic E-state index is 12.6. The van der Waals surface area contributed by atoms with Crippen LogP contribution in [-0.2, 0) is 30.4 Å². The number of nitrogen functional groups attached to an aromatic ring is 1. The van der Waals surface area contributed by atoms with Crippen LogP contribution >= 0.6 is 145 Å². The van der Waals surface area contributed by atoms with Gasteiger partial charge in [-0.2, -0.15) is 99.5 Å². The molecule has 0 fully saturated rings. The van der Waals surface area contributed by atoms with Crippen LogP contribution in [0.4, 0.5) is 68.6 Å². The largest absolute Gasteiger partial charge is 0.471 e. The third-order valence-electron chi connectivity index (χ3n) is 10.7. The number of hydrogen-bond donors (Lipinski definition) is 4. The van der Waals surface area contributed by atoms with E-state index in [1.807, 2.05) is 45.0 Å². The van der Waals surface area contributed by atoms with E-state index in [-0.39, 0.29) is 49.2 Å². The Morgan fingerprint density at radius 3 is 1.45 bits per heavy atom. The Bertz CT molecular complexity index is 4730. The second kappa shape index (κ2) is 41.8. The Hall–Kier alpha value is -9.22. The number of hydrogen-bond acceptors (Lipinski definition) is 35. The summed E-state index contributed by atoms with van der Waals surface area (Å²) in [4.78, 5) is 43.7. The number of nitrogens with zero attached hydrogens (tertiary/aromatic N) is 21. The number of alkyl halides is 10. The van der Waals surface area contributed by atoms with Crippen LogP contribution < -0.4 is 21.7 Å². The summed E-state index contributed by atoms with van der Waals surface area (Å²) in [5.74, 6) is -0.982. The smallest absolute Gasteiger partial charge is 0.409 e. The minimum absolute atomic E-state index is 0. The highest BCUT2D eigenvalue weighted by Crippen LogP contribution is 2.36. The zero-order valence-electron chi connectivity index (χ0n) is 51.7. The molecule has 0 spiro atoms. The number of oxime groups is 1. The molecule has 6 N–H and O–H groups in total. The lowest BCUT2D eigenvalue weighted by atomic mass is 10.3. The van der Waals surface area contributed by atoms with Gasteiger partial charge >= 0.3 is 36.2 Å². The van der Waals surface area contributed by atoms with E-state index >= 15 is 0 Å². The topological polar surface area (TPSA) is 395 Å². The van der Waals surface area contributed by atoms with E-state index in [1.165, 1.54) is 74.0 Å². The number of rotatable bonds is 11. The molecule has 0 radical (unpaired) electrons. The summed E-state index contributed by atoms with van der Waals surface area (Å²) >= 11 is 18.8. The number of aryl methyl sites for hydroxylation is 3. The van der Waals surface area contributed by atoms with Crippen molar-refractivity contribution in [3.8, 4) is 38.2 Å². The SMILES string of the molecule is Cc1ccc(-c2noc(C(F)(F)F)n2)s1.Cc1ccc(/C(N)=N/O)s1.Cc1ccc(C#N)s1.Cl.Clc1cnccn1.FC(F)(F)c1nc(-c2ccc(CBr)s2)no1.FC(F)(F)c1nc(-c2ccc(CN(c3cnccn3)c3cnsn3)s2)no1.Nc1cnsn1.S.c1cnc(Nc2cnsn2)cn1. The highest BCUT2D eigenvalue weighted by molar-refractivity contribution is 9.08. The molecule has 0 saturated carbocycles. The Labute approximate surface area is 633 Å². The summed E-state index contributed by atoms with van der Waals surface area (Å²) in [6, 6.07) is 19.9. The first-order chi connectivity index (χ1) is 48.3. The van der Waals surface area contributed by atoms with Gasteiger partial charge in [0.05, 0.1) is 98.4 Å². The molecule has 0 unspecified atom stereocenters. The molecule has 0 aromatic carbocycles. The van der Waals surface area contributed by atoms with Crippen LogP contribution in [0.25, 0.3) is 32.1 Å². The number of thiophene rings is 5. The van der Waals surface area contributed by atoms with Crippen molar-refractivity contribution in [2.75, 3.05) is 16.0 Å². The summed E-state index contributed by atoms with van der Waals surface area (Å²) in [7, 11) is 0. The second-order valence-corrected chi connectivity index (χ2v) is 26.9. The zero-order chi connectivity index (χ0) is 73.0. The van der Waals surface area contributed by atoms with Gasteiger partial charge in [0.1, 0.15) is 21.9 Å². The van der Waals surface area contributed by atoms with Crippen LogP contribution in [-0.4, -0.2) is 97.6 Å². The first-order valence-corrected chi connectivity index (χ1v) is 34.7. The van der Waals surface area contributed by atoms with Crippen molar-refractivity contribution in [1.29, 1.82) is 5.26 Å². The lowest BCUT2D eigenvalue weighted by Crippen LogP contribution is -2.17. The predicted molar refractivity (Wildman–Crippen MR) is 383 cm³/mol. The molecule has 14 rings (SSSR count). The second-order valence-electron chi connectivity index (χ2n) is 18.0. The monoisotopic (exact) mass is 1700 g/mol. The lowest BCUT2D eigenvalue weighted by molar-refractivity contribution is -0.160. The predicted octanol–water partition coefficient (Wildman–Crippen LogP) is 16.6. The van der Waals surface area contributed by atoms with Crippen LogP contribution in [0.2, 0.25) is 5.15 Å². The van der Waals surface area contributed by atoms with Crippen molar-refractivity contribution in [1.82, 2.24) is 86.6 Å². The average molecular weight is 1700 g/mol. The molecule has 542 valence electrons. The Morgan fingerprint density at radius 2 is 1.08 bits per heavy atom. The van der Waals surface area contributed by atoms with E-state index in [1.54, 1.807) is 103 Å². The number of nitrogens with two attached hydrogens (primary N) is 2. The fraction of sp³-hybridized carbons (Fsp3) is 0.148. The molecule has 0 amide bonds. The van der Waals surface area contributed by atoms with Gasteiger partial charge in [-0.15, -0.1) is 69.1 Å². The number of nitriles is 1. The van der Waals surface area contributed by atoms with Gasteiger partial charge in [0.2, 0.25) is 17.5 Å². The van der Waals surface area contributed by atoms with Gasteiger partial charge in [0.25, 0.3) is 0 Å². The zero-order valence-corrected chi connectivity index (χ0v) is 62.4. The third-order valence-corrected chi connectivity index (χ3v) is 18.4. The van der Waals surface area contributed by atoms with E-state index in [0.717, 1.165) is 64.4 Å². The molecular formula is C54H44BrCl2F9N24O4S9. The van der Waals surface area contributed by atoms with Crippen LogP contribution in [0, 0.1) is 32.1 Å². The number of halogens is 12. The van der Waals surface area contributed by atoms with Crippen LogP contribution in [0.5, 0.6) is 0 Å². The molecule has 0 aliphatic carbocycles. The molecule has 0 aliphatic heterocycles. The highest BCUT2D eigenvalue weighted by Gasteiger charge is 2.40. The van der Waals surface area contributed by atoms with Gasteiger partial charge in [-0.05, 0) is 81.4 Å². The maximum Gasteiger partial charge on any atom is 0.471 e. The number of amidine groups is 1. The minimum Gasteiger partial charge on any atom is -0.409 e. The third kappa shape index (κ3) is 28.5. The summed E-state index contributed by atoms with van der Waals surface area (Å²) in [6.07, 6.45) is 5.06. The van der Waals surface area contributed by atoms with E-state index in [2.05, 4.69) is 133 Å². The number of anilines is 5. The van der Waals surface area contributed by atoms with Gasteiger partial charge in [0.15, 0.2) is 29.1 Å². The lowest BCUT2D eigenvalue weighted by Gasteiger charge is -2.19. The first kappa shape index (κ1) is 84.4. The van der Waals surface area contributed by atoms with Crippen LogP contribution in [0.3, 0.4) is 0 Å². The van der Waals surface area contributed by atoms with Crippen molar-refractivity contribution < 1.29 is 58.3 Å². The summed E-state index contributed by atoms with van der Waals surface area (Å²) in [6.45, 7) is 6.18. The minimum atomic E-state index is -4.67. The highest BCUT2D eigenvalue weighted by atomic mass is 79.9. The molecule has 14 aromatic rings. The quantitative estimate of drug-likeness (QED) is 0.0233. The van der Waals surface area contributed by atoms with E-state index in [9.17, 15) is 39.5 Å². The molecule has 14 aromatic heterocycles. The molecule has 28 nitrogen and oxygen atoms in total. The molecule has 14 heterocycles. The summed E-state index contributed by atoms with van der Waals surface area (Å²) in [5.41, 5.74) is 10.4. The molecular weight excluding hydrogens is 1660 g/mol. The average Bonchev–Trinajstić information content (AvgIpc) is 1.70. The molecule has 0 atom stereocenters. The van der Waals surface area contributed by atoms with Crippen molar-refractivity contribution in [3.63, 3.8) is 0 Å². The normalized spacial score (nSPS) is 10.7.